The first-order valence-corrected chi connectivity index (χ1v) is 34.5. The summed E-state index contributed by atoms with van der Waals surface area (Å²) in [6, 6.07) is 80.5. The number of hydrogen-bond acceptors (Lipinski definition) is 1. The topological polar surface area (TPSA) is 14.8 Å². The molecule has 5 heterocycles. The van der Waals surface area contributed by atoms with Gasteiger partial charge < -0.3 is 13.7 Å². The van der Waals surface area contributed by atoms with Crippen LogP contribution in [0.15, 0.2) is 216 Å². The van der Waals surface area contributed by atoms with Gasteiger partial charge in [-0.1, -0.05) is 192 Å². The maximum absolute atomic E-state index is 3.21. The molecule has 1 unspecified atom stereocenters. The van der Waals surface area contributed by atoms with Crippen LogP contribution in [-0.2, 0) is 38.5 Å². The van der Waals surface area contributed by atoms with Gasteiger partial charge in [-0.2, -0.15) is 0 Å². The number of aromatic nitrogens is 3. The van der Waals surface area contributed by atoms with Gasteiger partial charge in [0.1, 0.15) is 0 Å². The van der Waals surface area contributed by atoms with Crippen molar-refractivity contribution < 1.29 is 0 Å². The Kier molecular flexibility index (Phi) is 10.6. The van der Waals surface area contributed by atoms with E-state index in [2.05, 4.69) is 226 Å². The largest absolute Gasteiger partial charge is 0.313 e. The van der Waals surface area contributed by atoms with Crippen molar-refractivity contribution in [2.45, 2.75) is 112 Å². The van der Waals surface area contributed by atoms with Crippen molar-refractivity contribution in [3.05, 3.63) is 256 Å². The van der Waals surface area contributed by atoms with E-state index in [1.807, 2.05) is 0 Å². The Balaban J connectivity index is 0.976. The number of fused-ring (bicyclic) bond motifs is 15. The van der Waals surface area contributed by atoms with Crippen LogP contribution in [-0.4, -0.2) is 28.5 Å². The molecule has 0 saturated carbocycles. The van der Waals surface area contributed by atoms with E-state index < -0.39 is 8.07 Å². The summed E-state index contributed by atoms with van der Waals surface area (Å²) in [7, 11) is -3.21. The maximum Gasteiger partial charge on any atom is 0.244 e. The zero-order valence-electron chi connectivity index (χ0n) is 47.6. The van der Waals surface area contributed by atoms with E-state index in [4.69, 9.17) is 0 Å². The van der Waals surface area contributed by atoms with Crippen LogP contribution in [0.25, 0.3) is 55.3 Å². The number of aryl methyl sites for hydroxylation is 3. The van der Waals surface area contributed by atoms with Crippen molar-refractivity contribution in [1.82, 2.24) is 13.7 Å². The second-order valence-electron chi connectivity index (χ2n) is 25.5. The molecule has 0 spiro atoms. The summed E-state index contributed by atoms with van der Waals surface area (Å²) in [6.45, 7) is -0.0142. The first-order valence-electron chi connectivity index (χ1n) is 31.7. The molecule has 5 aliphatic carbocycles. The van der Waals surface area contributed by atoms with E-state index in [0.29, 0.717) is 0 Å². The molecule has 2 aliphatic heterocycles. The SMILES string of the molecule is c1ccc([Si]2(c3ccccc3)c3cc(-n4c5c(c6ccccc64)CCCC5)ccc3B3c4cc(-n5c6c(c7ccccc75)CCC6)cc(-n5c6c(c7ccccc75)CCC6)c4Sc4cc(C5C6=C(CCCCC6)c6ccccc65)cc2c43)cc1. The molecular weight excluding hydrogens is 1050 g/mol. The van der Waals surface area contributed by atoms with Crippen molar-refractivity contribution in [2.24, 2.45) is 0 Å². The van der Waals surface area contributed by atoms with Gasteiger partial charge in [0.05, 0.1) is 22.2 Å². The van der Waals surface area contributed by atoms with Crippen LogP contribution >= 0.6 is 11.8 Å². The van der Waals surface area contributed by atoms with Gasteiger partial charge in [0, 0.05) is 60.3 Å². The van der Waals surface area contributed by atoms with E-state index in [0.717, 1.165) is 44.9 Å². The highest BCUT2D eigenvalue weighted by Crippen LogP contribution is 2.52. The fourth-order valence-electron chi connectivity index (χ4n) is 18.3. The third-order valence-electron chi connectivity index (χ3n) is 21.5. The summed E-state index contributed by atoms with van der Waals surface area (Å²) < 4.78 is 8.19. The van der Waals surface area contributed by atoms with Gasteiger partial charge in [-0.25, -0.2) is 0 Å². The molecule has 0 radical (unpaired) electrons. The highest BCUT2D eigenvalue weighted by atomic mass is 32.2. The van der Waals surface area contributed by atoms with Gasteiger partial charge in [0.25, 0.3) is 0 Å². The summed E-state index contributed by atoms with van der Waals surface area (Å²) in [5.41, 5.74) is 29.4. The number of hydrogen-bond donors (Lipinski definition) is 0. The fourth-order valence-corrected chi connectivity index (χ4v) is 25.0. The van der Waals surface area contributed by atoms with Crippen LogP contribution in [0.4, 0.5) is 0 Å². The van der Waals surface area contributed by atoms with Crippen LogP contribution in [0.1, 0.15) is 114 Å². The number of rotatable bonds is 6. The molecule has 3 aromatic heterocycles. The third kappa shape index (κ3) is 6.62. The summed E-state index contributed by atoms with van der Waals surface area (Å²) in [4.78, 5) is 2.86. The molecule has 0 bridgehead atoms. The van der Waals surface area contributed by atoms with Crippen LogP contribution in [0, 0.1) is 0 Å². The molecular formula is C78H64BN3SSi. The molecule has 1 atom stereocenters. The van der Waals surface area contributed by atoms with Crippen molar-refractivity contribution in [3.63, 3.8) is 0 Å². The van der Waals surface area contributed by atoms with E-state index in [1.54, 1.807) is 33.0 Å². The number of nitrogens with zero attached hydrogens (tertiary/aromatic N) is 3. The van der Waals surface area contributed by atoms with Crippen LogP contribution in [0.2, 0.25) is 0 Å². The van der Waals surface area contributed by atoms with E-state index in [1.165, 1.54) is 177 Å². The Morgan fingerprint density at radius 3 is 1.68 bits per heavy atom. The molecule has 19 rings (SSSR count). The summed E-state index contributed by atoms with van der Waals surface area (Å²) in [5, 5.41) is 10.3. The molecule has 0 N–H and O–H groups in total. The number of para-hydroxylation sites is 3. The van der Waals surface area contributed by atoms with Crippen molar-refractivity contribution in [3.8, 4) is 17.1 Å². The first-order chi connectivity index (χ1) is 41.7. The Hall–Kier alpha value is -8.03. The van der Waals surface area contributed by atoms with Crippen LogP contribution < -0.4 is 37.1 Å². The predicted molar refractivity (Wildman–Crippen MR) is 355 cm³/mol. The predicted octanol–water partition coefficient (Wildman–Crippen LogP) is 13.9. The Bertz CT molecular complexity index is 4780. The van der Waals surface area contributed by atoms with Gasteiger partial charge in [0.2, 0.25) is 6.71 Å². The van der Waals surface area contributed by atoms with E-state index >= 15 is 0 Å². The Labute approximate surface area is 497 Å². The van der Waals surface area contributed by atoms with Crippen LogP contribution in [0.3, 0.4) is 0 Å². The minimum Gasteiger partial charge on any atom is -0.313 e. The Morgan fingerprint density at radius 1 is 0.417 bits per heavy atom. The molecule has 6 heteroatoms. The molecule has 0 amide bonds. The maximum atomic E-state index is 2.85. The average molecular weight is 1110 g/mol. The molecule has 0 saturated heterocycles. The summed E-state index contributed by atoms with van der Waals surface area (Å²) in [5.74, 6) is 0.211. The molecule has 3 nitrogen and oxygen atoms in total. The second kappa shape index (κ2) is 18.5. The standard InChI is InChI=1S/C78H64BN3SSi/c1-4-22-52(23-5-1)84(53-24-6-2-7-25-53)74-48-50(80-66-36-16-12-28-56(66)57-29-13-17-37-67(57)80)42-43-64(74)79-65-46-51(81-68-38-18-14-30-58(68)60-34-20-40-69(60)81)47-72(82-70-39-19-15-31-59(70)61-35-21-41-71(61)82)78(65)83-73-44-49(45-75(84)77(73)79)76-62-32-9-3-8-26-54(62)55-27-10-11-33-63(55)76/h1-2,4-7,10-12,14-16,18-19,22-25,27-28,30-31,33,36,38-39,42-48,76H,3,8-9,13,17,20-21,26,29,32,34-35,37,40-41H2. The molecule has 84 heavy (non-hydrogen) atoms. The molecule has 7 aliphatic rings. The van der Waals surface area contributed by atoms with E-state index in [-0.39, 0.29) is 12.6 Å². The lowest BCUT2D eigenvalue weighted by Gasteiger charge is -2.46. The molecule has 404 valence electrons. The van der Waals surface area contributed by atoms with Gasteiger partial charge in [0.15, 0.2) is 8.07 Å². The zero-order chi connectivity index (χ0) is 54.8. The first kappa shape index (κ1) is 48.4. The molecule has 0 fully saturated rings. The van der Waals surface area contributed by atoms with Gasteiger partial charge in [-0.15, -0.1) is 0 Å². The Morgan fingerprint density at radius 2 is 0.976 bits per heavy atom. The summed E-state index contributed by atoms with van der Waals surface area (Å²) >= 11 is 2.11. The lowest BCUT2D eigenvalue weighted by atomic mass is 9.36. The number of allylic oxidation sites excluding steroid dienone is 2. The lowest BCUT2D eigenvalue weighted by molar-refractivity contribution is 0.667. The van der Waals surface area contributed by atoms with Crippen molar-refractivity contribution in [1.29, 1.82) is 0 Å². The van der Waals surface area contributed by atoms with Gasteiger partial charge in [-0.05, 0) is 198 Å². The fraction of sp³-hybridized carbons (Fsp3) is 0.205. The van der Waals surface area contributed by atoms with Gasteiger partial charge in [-0.3, -0.25) is 0 Å². The van der Waals surface area contributed by atoms with E-state index in [9.17, 15) is 0 Å². The minimum absolute atomic E-state index is 0.0142. The molecule has 12 aromatic rings. The molecule has 9 aromatic carbocycles. The quantitative estimate of drug-likeness (QED) is 0.151. The van der Waals surface area contributed by atoms with Crippen molar-refractivity contribution in [2.75, 3.05) is 0 Å². The van der Waals surface area contributed by atoms with Crippen LogP contribution in [0.5, 0.6) is 0 Å². The zero-order valence-corrected chi connectivity index (χ0v) is 49.4. The summed E-state index contributed by atoms with van der Waals surface area (Å²) in [6.07, 6.45) is 17.7. The average Bonchev–Trinajstić information content (AvgIpc) is 0.923. The highest BCUT2D eigenvalue weighted by molar-refractivity contribution is 8.00. The smallest absolute Gasteiger partial charge is 0.244 e. The third-order valence-corrected chi connectivity index (χ3v) is 27.5. The van der Waals surface area contributed by atoms with Gasteiger partial charge >= 0.3 is 0 Å². The normalized spacial score (nSPS) is 17.9. The monoisotopic (exact) mass is 1110 g/mol. The second-order valence-corrected chi connectivity index (χ2v) is 30.3. The number of benzene rings is 9. The minimum atomic E-state index is -3.21. The highest BCUT2D eigenvalue weighted by Gasteiger charge is 2.54. The lowest BCUT2D eigenvalue weighted by Crippen LogP contribution is -2.87. The van der Waals surface area contributed by atoms with Crippen molar-refractivity contribution >= 4 is 102 Å².